The molecule has 0 aromatic rings. The molecule has 192 valence electrons. The van der Waals surface area contributed by atoms with Crippen molar-refractivity contribution >= 4 is 6.29 Å². The van der Waals surface area contributed by atoms with E-state index in [9.17, 15) is 50.5 Å². The van der Waals surface area contributed by atoms with Gasteiger partial charge in [0.05, 0.1) is 6.42 Å². The van der Waals surface area contributed by atoms with Gasteiger partial charge in [0, 0.05) is 40.5 Å². The molecule has 0 saturated carbocycles. The first-order valence-corrected chi connectivity index (χ1v) is 11.4. The molecule has 0 aromatic carbocycles. The number of nitrogens with zero attached hydrogens (tertiary/aromatic N) is 3. The van der Waals surface area contributed by atoms with Gasteiger partial charge in [-0.15, -0.1) is 0 Å². The average Bonchev–Trinajstić information content (AvgIpc) is 2.73. The lowest BCUT2D eigenvalue weighted by atomic mass is 9.91. The molecule has 6 unspecified atom stereocenters. The zero-order valence-corrected chi connectivity index (χ0v) is 19.1. The molecule has 13 heteroatoms. The van der Waals surface area contributed by atoms with Crippen LogP contribution in [0.2, 0.25) is 0 Å². The van der Waals surface area contributed by atoms with Crippen LogP contribution in [0, 0.1) is 30.3 Å². The van der Waals surface area contributed by atoms with Crippen LogP contribution in [0.15, 0.2) is 0 Å². The van der Waals surface area contributed by atoms with E-state index in [4.69, 9.17) is 0 Å². The SMILES string of the molecule is CCCCCC(C(O)CC(C(O)CC(O)C(CCCCCCC=O)[N+](=O)[O-])[N+](=O)[O-])[N+](=O)[O-]. The highest BCUT2D eigenvalue weighted by Gasteiger charge is 2.41. The minimum absolute atomic E-state index is 0.00540. The molecule has 0 bridgehead atoms. The van der Waals surface area contributed by atoms with Crippen LogP contribution >= 0.6 is 0 Å². The topological polar surface area (TPSA) is 207 Å². The highest BCUT2D eigenvalue weighted by Crippen LogP contribution is 2.21. The summed E-state index contributed by atoms with van der Waals surface area (Å²) in [7, 11) is 0. The van der Waals surface area contributed by atoms with E-state index in [1.165, 1.54) is 0 Å². The Morgan fingerprint density at radius 1 is 0.667 bits per heavy atom. The van der Waals surface area contributed by atoms with Gasteiger partial charge >= 0.3 is 0 Å². The summed E-state index contributed by atoms with van der Waals surface area (Å²) in [6.45, 7) is 1.90. The predicted molar refractivity (Wildman–Crippen MR) is 118 cm³/mol. The lowest BCUT2D eigenvalue weighted by molar-refractivity contribution is -0.556. The molecule has 0 heterocycles. The van der Waals surface area contributed by atoms with Gasteiger partial charge in [0.15, 0.2) is 0 Å². The third-order valence-electron chi connectivity index (χ3n) is 5.79. The molecule has 0 aromatic heterocycles. The van der Waals surface area contributed by atoms with Gasteiger partial charge in [-0.3, -0.25) is 30.3 Å². The van der Waals surface area contributed by atoms with Crippen LogP contribution in [-0.4, -0.2) is 72.8 Å². The van der Waals surface area contributed by atoms with Crippen LogP contribution in [-0.2, 0) is 4.79 Å². The number of unbranched alkanes of at least 4 members (excludes halogenated alkanes) is 6. The lowest BCUT2D eigenvalue weighted by Crippen LogP contribution is -2.45. The molecule has 0 rings (SSSR count). The largest absolute Gasteiger partial charge is 0.386 e. The molecular formula is C20H37N3O10. The minimum Gasteiger partial charge on any atom is -0.386 e. The van der Waals surface area contributed by atoms with Crippen molar-refractivity contribution in [2.45, 2.75) is 120 Å². The monoisotopic (exact) mass is 479 g/mol. The maximum atomic E-state index is 11.4. The fraction of sp³-hybridized carbons (Fsp3) is 0.950. The number of rotatable bonds is 21. The van der Waals surface area contributed by atoms with E-state index in [-0.39, 0.29) is 12.8 Å². The second-order valence-electron chi connectivity index (χ2n) is 8.39. The van der Waals surface area contributed by atoms with Crippen LogP contribution in [0.3, 0.4) is 0 Å². The minimum atomic E-state index is -1.83. The Morgan fingerprint density at radius 2 is 1.09 bits per heavy atom. The molecule has 0 radical (unpaired) electrons. The number of aldehydes is 1. The van der Waals surface area contributed by atoms with Gasteiger partial charge in [0.2, 0.25) is 18.1 Å². The second-order valence-corrected chi connectivity index (χ2v) is 8.39. The molecule has 6 atom stereocenters. The Balaban J connectivity index is 4.99. The van der Waals surface area contributed by atoms with Crippen molar-refractivity contribution in [2.24, 2.45) is 0 Å². The number of hydrogen-bond donors (Lipinski definition) is 3. The summed E-state index contributed by atoms with van der Waals surface area (Å²) in [6, 6.07) is -4.69. The van der Waals surface area contributed by atoms with Gasteiger partial charge in [-0.2, -0.15) is 0 Å². The van der Waals surface area contributed by atoms with Crippen LogP contribution in [0.5, 0.6) is 0 Å². The van der Waals surface area contributed by atoms with Crippen molar-refractivity contribution in [3.8, 4) is 0 Å². The van der Waals surface area contributed by atoms with Gasteiger partial charge in [-0.25, -0.2) is 0 Å². The van der Waals surface area contributed by atoms with Crippen molar-refractivity contribution in [3.63, 3.8) is 0 Å². The van der Waals surface area contributed by atoms with Gasteiger partial charge in [0.1, 0.15) is 24.6 Å². The second kappa shape index (κ2) is 17.3. The van der Waals surface area contributed by atoms with E-state index < -0.39 is 64.0 Å². The molecule has 0 aliphatic heterocycles. The first-order valence-electron chi connectivity index (χ1n) is 11.4. The van der Waals surface area contributed by atoms with E-state index in [1.807, 2.05) is 6.92 Å². The van der Waals surface area contributed by atoms with Gasteiger partial charge in [-0.05, 0) is 19.3 Å². The molecule has 13 nitrogen and oxygen atoms in total. The average molecular weight is 480 g/mol. The number of carbonyl (C=O) groups excluding carboxylic acids is 1. The highest BCUT2D eigenvalue weighted by molar-refractivity contribution is 5.48. The van der Waals surface area contributed by atoms with Crippen molar-refractivity contribution < 1.29 is 34.9 Å². The molecule has 3 N–H and O–H groups in total. The predicted octanol–water partition coefficient (Wildman–Crippen LogP) is 1.91. The lowest BCUT2D eigenvalue weighted by Gasteiger charge is -2.23. The summed E-state index contributed by atoms with van der Waals surface area (Å²) in [6.07, 6.45) is -1.04. The van der Waals surface area contributed by atoms with Gasteiger partial charge in [-0.1, -0.05) is 32.6 Å². The third kappa shape index (κ3) is 12.5. The summed E-state index contributed by atoms with van der Waals surface area (Å²) in [5, 5.41) is 64.8. The quantitative estimate of drug-likeness (QED) is 0.0942. The Hall–Kier alpha value is -2.25. The molecule has 0 aliphatic carbocycles. The molecule has 0 spiro atoms. The van der Waals surface area contributed by atoms with Crippen LogP contribution < -0.4 is 0 Å². The van der Waals surface area contributed by atoms with E-state index in [2.05, 4.69) is 0 Å². The van der Waals surface area contributed by atoms with Crippen molar-refractivity contribution in [1.82, 2.24) is 0 Å². The Bertz CT molecular complexity index is 607. The maximum absolute atomic E-state index is 11.4. The Labute approximate surface area is 192 Å². The van der Waals surface area contributed by atoms with Crippen molar-refractivity contribution in [1.29, 1.82) is 0 Å². The summed E-state index contributed by atoms with van der Waals surface area (Å²) in [5.74, 6) is 0. The smallest absolute Gasteiger partial charge is 0.241 e. The summed E-state index contributed by atoms with van der Waals surface area (Å²) >= 11 is 0. The van der Waals surface area contributed by atoms with Crippen molar-refractivity contribution in [3.05, 3.63) is 30.3 Å². The first kappa shape index (κ1) is 30.8. The maximum Gasteiger partial charge on any atom is 0.241 e. The summed E-state index contributed by atoms with van der Waals surface area (Å²) < 4.78 is 0. The molecule has 33 heavy (non-hydrogen) atoms. The standard InChI is InChI=1S/C20H37N3O10/c1-2-3-7-10-15(21(28)29)18(25)13-17(23(32)33)20(27)14-19(26)16(22(30)31)11-8-5-4-6-9-12-24/h12,15-20,25-27H,2-11,13-14H2,1H3. The number of aliphatic hydroxyl groups excluding tert-OH is 3. The Kier molecular flexibility index (Phi) is 16.1. The normalized spacial score (nSPS) is 16.8. The molecule has 0 aliphatic rings. The fourth-order valence-corrected chi connectivity index (χ4v) is 3.76. The molecule has 0 amide bonds. The van der Waals surface area contributed by atoms with Gasteiger partial charge in [0.25, 0.3) is 0 Å². The molecular weight excluding hydrogens is 442 g/mol. The zero-order valence-electron chi connectivity index (χ0n) is 19.1. The highest BCUT2D eigenvalue weighted by atomic mass is 16.6. The van der Waals surface area contributed by atoms with E-state index >= 15 is 0 Å². The van der Waals surface area contributed by atoms with E-state index in [0.29, 0.717) is 44.9 Å². The number of nitro groups is 3. The Morgan fingerprint density at radius 3 is 1.55 bits per heavy atom. The number of hydrogen-bond acceptors (Lipinski definition) is 10. The number of aliphatic hydroxyl groups is 3. The van der Waals surface area contributed by atoms with E-state index in [0.717, 1.165) is 12.7 Å². The first-order chi connectivity index (χ1) is 15.6. The summed E-state index contributed by atoms with van der Waals surface area (Å²) in [5.41, 5.74) is 0. The van der Waals surface area contributed by atoms with Crippen LogP contribution in [0.4, 0.5) is 0 Å². The zero-order chi connectivity index (χ0) is 25.4. The fourth-order valence-electron chi connectivity index (χ4n) is 3.76. The third-order valence-corrected chi connectivity index (χ3v) is 5.79. The van der Waals surface area contributed by atoms with Crippen molar-refractivity contribution in [2.75, 3.05) is 0 Å². The molecule has 0 saturated heterocycles. The molecule has 0 fully saturated rings. The number of carbonyl (C=O) groups is 1. The van der Waals surface area contributed by atoms with Crippen LogP contribution in [0.1, 0.15) is 84.0 Å². The summed E-state index contributed by atoms with van der Waals surface area (Å²) in [4.78, 5) is 42.0. The van der Waals surface area contributed by atoms with Gasteiger partial charge < -0.3 is 20.1 Å². The van der Waals surface area contributed by atoms with E-state index in [1.54, 1.807) is 0 Å². The van der Waals surface area contributed by atoms with Crippen LogP contribution in [0.25, 0.3) is 0 Å².